The summed E-state index contributed by atoms with van der Waals surface area (Å²) in [5.41, 5.74) is 1.76. The lowest BCUT2D eigenvalue weighted by molar-refractivity contribution is -0.304. The van der Waals surface area contributed by atoms with E-state index in [1.54, 1.807) is 4.52 Å². The van der Waals surface area contributed by atoms with Gasteiger partial charge >= 0.3 is 0 Å². The van der Waals surface area contributed by atoms with Crippen LogP contribution in [0, 0.1) is 13.8 Å². The van der Waals surface area contributed by atoms with Gasteiger partial charge in [-0.25, -0.2) is 9.50 Å². The van der Waals surface area contributed by atoms with Crippen LogP contribution >= 0.6 is 11.8 Å². The average molecular weight is 251 g/mol. The number of thioether (sulfide) groups is 1. The number of rotatable bonds is 3. The maximum absolute atomic E-state index is 10.6. The van der Waals surface area contributed by atoms with Crippen molar-refractivity contribution in [1.82, 2.24) is 19.6 Å². The molecule has 1 atom stereocenters. The number of carboxylic acid groups (broad SMARTS) is 1. The first kappa shape index (κ1) is 11.8. The fourth-order valence-electron chi connectivity index (χ4n) is 1.40. The molecule has 90 valence electrons. The van der Waals surface area contributed by atoms with Crippen molar-refractivity contribution >= 4 is 23.5 Å². The second-order valence-corrected chi connectivity index (χ2v) is 5.03. The molecule has 6 nitrogen and oxygen atoms in total. The number of fused-ring (bicyclic) bond motifs is 1. The summed E-state index contributed by atoms with van der Waals surface area (Å²) in [4.78, 5) is 19.0. The topological polar surface area (TPSA) is 83.2 Å². The Morgan fingerprint density at radius 3 is 2.82 bits per heavy atom. The summed E-state index contributed by atoms with van der Waals surface area (Å²) in [6.45, 7) is 5.31. The zero-order valence-corrected chi connectivity index (χ0v) is 10.5. The second-order valence-electron chi connectivity index (χ2n) is 3.72. The van der Waals surface area contributed by atoms with Gasteiger partial charge in [0.15, 0.2) is 0 Å². The Kier molecular flexibility index (Phi) is 3.01. The third-order valence-electron chi connectivity index (χ3n) is 2.21. The van der Waals surface area contributed by atoms with Gasteiger partial charge in [-0.1, -0.05) is 11.8 Å². The first-order valence-corrected chi connectivity index (χ1v) is 5.94. The van der Waals surface area contributed by atoms with E-state index >= 15 is 0 Å². The van der Waals surface area contributed by atoms with Crippen LogP contribution in [-0.4, -0.2) is 30.8 Å². The standard InChI is InChI=1S/C10H12N4O2S/c1-5-4-6(2)14-9(11-5)12-10(13-14)17-7(3)8(15)16/h4,7H,1-3H3,(H,15,16)/p-1. The van der Waals surface area contributed by atoms with Gasteiger partial charge in [0, 0.05) is 16.6 Å². The number of carboxylic acids is 1. The van der Waals surface area contributed by atoms with E-state index in [9.17, 15) is 9.90 Å². The van der Waals surface area contributed by atoms with Gasteiger partial charge in [-0.2, -0.15) is 4.98 Å². The van der Waals surface area contributed by atoms with Gasteiger partial charge in [0.2, 0.25) is 5.16 Å². The van der Waals surface area contributed by atoms with Gasteiger partial charge < -0.3 is 9.90 Å². The molecule has 0 radical (unpaired) electrons. The van der Waals surface area contributed by atoms with Crippen molar-refractivity contribution in [2.45, 2.75) is 31.2 Å². The number of hydrogen-bond acceptors (Lipinski definition) is 6. The third kappa shape index (κ3) is 2.38. The lowest BCUT2D eigenvalue weighted by Crippen LogP contribution is -2.31. The van der Waals surface area contributed by atoms with E-state index in [0.717, 1.165) is 23.1 Å². The Bertz CT molecular complexity index is 581. The molecule has 0 bridgehead atoms. The van der Waals surface area contributed by atoms with Crippen molar-refractivity contribution in [1.29, 1.82) is 0 Å². The maximum Gasteiger partial charge on any atom is 0.253 e. The van der Waals surface area contributed by atoms with Crippen LogP contribution in [0.25, 0.3) is 5.78 Å². The van der Waals surface area contributed by atoms with Gasteiger partial charge in [-0.15, -0.1) is 5.10 Å². The van der Waals surface area contributed by atoms with E-state index in [4.69, 9.17) is 0 Å². The Labute approximate surface area is 102 Å². The minimum absolute atomic E-state index is 0.392. The average Bonchev–Trinajstić information content (AvgIpc) is 2.60. The lowest BCUT2D eigenvalue weighted by atomic mass is 10.4. The summed E-state index contributed by atoms with van der Waals surface area (Å²) in [5, 5.41) is 14.5. The van der Waals surface area contributed by atoms with Crippen LogP contribution in [0.5, 0.6) is 0 Å². The molecular weight excluding hydrogens is 240 g/mol. The van der Waals surface area contributed by atoms with Crippen LogP contribution < -0.4 is 5.11 Å². The molecular formula is C10H11N4O2S-. The van der Waals surface area contributed by atoms with Gasteiger partial charge in [-0.3, -0.25) is 0 Å². The summed E-state index contributed by atoms with van der Waals surface area (Å²) in [6.07, 6.45) is 0. The van der Waals surface area contributed by atoms with Crippen LogP contribution in [0.4, 0.5) is 0 Å². The molecule has 2 heterocycles. The van der Waals surface area contributed by atoms with Crippen molar-refractivity contribution < 1.29 is 9.90 Å². The van der Waals surface area contributed by atoms with Crippen molar-refractivity contribution in [2.24, 2.45) is 0 Å². The number of aromatic nitrogens is 4. The molecule has 17 heavy (non-hydrogen) atoms. The van der Waals surface area contributed by atoms with Crippen LogP contribution in [0.3, 0.4) is 0 Å². The SMILES string of the molecule is Cc1cc(C)n2nc(SC(C)C(=O)[O-])nc2n1. The fourth-order valence-corrected chi connectivity index (χ4v) is 2.08. The molecule has 0 spiro atoms. The summed E-state index contributed by atoms with van der Waals surface area (Å²) in [7, 11) is 0. The summed E-state index contributed by atoms with van der Waals surface area (Å²) < 4.78 is 1.59. The number of carbonyl (C=O) groups excluding carboxylic acids is 1. The van der Waals surface area contributed by atoms with Gasteiger partial charge in [0.25, 0.3) is 5.78 Å². The molecule has 0 saturated heterocycles. The molecule has 0 aromatic carbocycles. The van der Waals surface area contributed by atoms with Crippen molar-refractivity contribution in [2.75, 3.05) is 0 Å². The smallest absolute Gasteiger partial charge is 0.253 e. The van der Waals surface area contributed by atoms with E-state index in [2.05, 4.69) is 15.1 Å². The molecule has 2 aromatic heterocycles. The first-order valence-electron chi connectivity index (χ1n) is 5.06. The van der Waals surface area contributed by atoms with Gasteiger partial charge in [0.1, 0.15) is 0 Å². The molecule has 7 heteroatoms. The van der Waals surface area contributed by atoms with Crippen LogP contribution in [-0.2, 0) is 4.79 Å². The predicted octanol–water partition coefficient (Wildman–Crippen LogP) is -0.0284. The maximum atomic E-state index is 10.6. The molecule has 0 aliphatic carbocycles. The molecule has 2 aromatic rings. The summed E-state index contributed by atoms with van der Waals surface area (Å²) in [5.74, 6) is -0.648. The number of aliphatic carboxylic acids is 1. The quantitative estimate of drug-likeness (QED) is 0.712. The molecule has 0 fully saturated rings. The predicted molar refractivity (Wildman–Crippen MR) is 60.6 cm³/mol. The van der Waals surface area contributed by atoms with Gasteiger partial charge in [0.05, 0.1) is 5.97 Å². The van der Waals surface area contributed by atoms with E-state index in [-0.39, 0.29) is 0 Å². The number of hydrogen-bond donors (Lipinski definition) is 0. The fraction of sp³-hybridized carbons (Fsp3) is 0.400. The summed E-state index contributed by atoms with van der Waals surface area (Å²) >= 11 is 1.05. The minimum Gasteiger partial charge on any atom is -0.549 e. The molecule has 0 N–H and O–H groups in total. The first-order chi connectivity index (χ1) is 7.97. The molecule has 0 saturated carbocycles. The zero-order valence-electron chi connectivity index (χ0n) is 9.67. The van der Waals surface area contributed by atoms with Crippen LogP contribution in [0.15, 0.2) is 11.2 Å². The highest BCUT2D eigenvalue weighted by Gasteiger charge is 2.12. The number of nitrogens with zero attached hydrogens (tertiary/aromatic N) is 4. The Morgan fingerprint density at radius 2 is 2.18 bits per heavy atom. The lowest BCUT2D eigenvalue weighted by Gasteiger charge is -2.07. The van der Waals surface area contributed by atoms with Gasteiger partial charge in [-0.05, 0) is 26.8 Å². The molecule has 1 unspecified atom stereocenters. The van der Waals surface area contributed by atoms with Crippen LogP contribution in [0.1, 0.15) is 18.3 Å². The van der Waals surface area contributed by atoms with Crippen molar-refractivity contribution in [3.63, 3.8) is 0 Å². The largest absolute Gasteiger partial charge is 0.549 e. The Hall–Kier alpha value is -1.63. The number of aryl methyl sites for hydroxylation is 2. The number of carbonyl (C=O) groups is 1. The highest BCUT2D eigenvalue weighted by atomic mass is 32.2. The van der Waals surface area contributed by atoms with E-state index in [1.165, 1.54) is 6.92 Å². The third-order valence-corrected chi connectivity index (χ3v) is 3.14. The monoisotopic (exact) mass is 251 g/mol. The Balaban J connectivity index is 2.38. The minimum atomic E-state index is -1.13. The Morgan fingerprint density at radius 1 is 1.47 bits per heavy atom. The molecule has 0 aliphatic rings. The van der Waals surface area contributed by atoms with E-state index in [1.807, 2.05) is 19.9 Å². The van der Waals surface area contributed by atoms with Crippen molar-refractivity contribution in [3.8, 4) is 0 Å². The normalized spacial score (nSPS) is 12.9. The molecule has 2 rings (SSSR count). The highest BCUT2D eigenvalue weighted by molar-refractivity contribution is 8.00. The molecule has 0 amide bonds. The van der Waals surface area contributed by atoms with Crippen molar-refractivity contribution in [3.05, 3.63) is 17.5 Å². The van der Waals surface area contributed by atoms with Crippen LogP contribution in [0.2, 0.25) is 0 Å². The van der Waals surface area contributed by atoms with E-state index < -0.39 is 11.2 Å². The highest BCUT2D eigenvalue weighted by Crippen LogP contribution is 2.19. The summed E-state index contributed by atoms with van der Waals surface area (Å²) in [6, 6.07) is 1.89. The van der Waals surface area contributed by atoms with E-state index in [0.29, 0.717) is 10.9 Å². The zero-order chi connectivity index (χ0) is 12.6. The molecule has 0 aliphatic heterocycles. The second kappa shape index (κ2) is 4.33.